The first kappa shape index (κ1) is 12.9. The highest BCUT2D eigenvalue weighted by atomic mass is 79.9. The average molecular weight is 297 g/mol. The molecule has 2 nitrogen and oxygen atoms in total. The maximum Gasteiger partial charge on any atom is 0.0508 e. The summed E-state index contributed by atoms with van der Waals surface area (Å²) in [5, 5.41) is 0. The van der Waals surface area contributed by atoms with Gasteiger partial charge in [0.05, 0.1) is 5.69 Å². The third kappa shape index (κ3) is 3.02. The molecule has 0 aromatic heterocycles. The van der Waals surface area contributed by atoms with Crippen LogP contribution in [0.1, 0.15) is 31.9 Å². The fraction of sp³-hybridized carbons (Fsp3) is 0.571. The van der Waals surface area contributed by atoms with Gasteiger partial charge in [-0.25, -0.2) is 0 Å². The van der Waals surface area contributed by atoms with Crippen LogP contribution in [0.15, 0.2) is 22.7 Å². The van der Waals surface area contributed by atoms with Crippen molar-refractivity contribution in [1.82, 2.24) is 0 Å². The van der Waals surface area contributed by atoms with E-state index in [0.29, 0.717) is 0 Å². The lowest BCUT2D eigenvalue weighted by Gasteiger charge is -2.21. The zero-order chi connectivity index (χ0) is 12.6. The van der Waals surface area contributed by atoms with Crippen molar-refractivity contribution in [2.24, 2.45) is 17.6 Å². The van der Waals surface area contributed by atoms with Crippen molar-refractivity contribution in [2.75, 3.05) is 18.5 Å². The first-order valence-electron chi connectivity index (χ1n) is 6.25. The molecule has 0 saturated heterocycles. The van der Waals surface area contributed by atoms with Crippen LogP contribution in [0.4, 0.5) is 5.69 Å². The number of nitrogens with two attached hydrogens (primary N) is 1. The molecule has 0 heterocycles. The number of hydrogen-bond donors (Lipinski definition) is 1. The Morgan fingerprint density at radius 2 is 2.18 bits per heavy atom. The van der Waals surface area contributed by atoms with Crippen molar-refractivity contribution in [3.63, 3.8) is 0 Å². The van der Waals surface area contributed by atoms with Crippen LogP contribution in [0.2, 0.25) is 0 Å². The summed E-state index contributed by atoms with van der Waals surface area (Å²) >= 11 is 3.64. The van der Waals surface area contributed by atoms with Crippen molar-refractivity contribution in [1.29, 1.82) is 0 Å². The van der Waals surface area contributed by atoms with Gasteiger partial charge in [-0.2, -0.15) is 0 Å². The van der Waals surface area contributed by atoms with E-state index < -0.39 is 0 Å². The van der Waals surface area contributed by atoms with E-state index in [0.717, 1.165) is 22.9 Å². The Hall–Kier alpha value is -0.540. The van der Waals surface area contributed by atoms with E-state index in [1.807, 2.05) is 6.92 Å². The van der Waals surface area contributed by atoms with Gasteiger partial charge in [0.15, 0.2) is 0 Å². The molecular formula is C14H21BrN2. The molecule has 2 N–H and O–H groups in total. The zero-order valence-corrected chi connectivity index (χ0v) is 12.4. The normalized spacial score (nSPS) is 24.5. The molecule has 2 rings (SSSR count). The molecule has 3 unspecified atom stereocenters. The van der Waals surface area contributed by atoms with Gasteiger partial charge in [0, 0.05) is 24.1 Å². The first-order valence-corrected chi connectivity index (χ1v) is 7.04. The highest BCUT2D eigenvalue weighted by molar-refractivity contribution is 9.10. The SMILES string of the molecule is CC(N)c1ccc(N(C)CC2CC2C)c(Br)c1. The monoisotopic (exact) mass is 296 g/mol. The Morgan fingerprint density at radius 1 is 1.53 bits per heavy atom. The molecule has 17 heavy (non-hydrogen) atoms. The van der Waals surface area contributed by atoms with Gasteiger partial charge >= 0.3 is 0 Å². The first-order chi connectivity index (χ1) is 7.99. The number of rotatable bonds is 4. The summed E-state index contributed by atoms with van der Waals surface area (Å²) in [6, 6.07) is 6.51. The highest BCUT2D eigenvalue weighted by Gasteiger charge is 2.33. The summed E-state index contributed by atoms with van der Waals surface area (Å²) in [7, 11) is 2.16. The largest absolute Gasteiger partial charge is 0.373 e. The molecule has 0 aliphatic heterocycles. The van der Waals surface area contributed by atoms with Gasteiger partial charge in [0.25, 0.3) is 0 Å². The van der Waals surface area contributed by atoms with E-state index in [1.54, 1.807) is 0 Å². The Morgan fingerprint density at radius 3 is 2.65 bits per heavy atom. The molecule has 1 aliphatic carbocycles. The molecule has 0 radical (unpaired) electrons. The van der Waals surface area contributed by atoms with Crippen LogP contribution < -0.4 is 10.6 Å². The van der Waals surface area contributed by atoms with Gasteiger partial charge in [-0.1, -0.05) is 13.0 Å². The predicted molar refractivity (Wildman–Crippen MR) is 77.3 cm³/mol. The molecule has 1 saturated carbocycles. The number of hydrogen-bond acceptors (Lipinski definition) is 2. The molecule has 1 aromatic carbocycles. The van der Waals surface area contributed by atoms with E-state index in [4.69, 9.17) is 5.73 Å². The summed E-state index contributed by atoms with van der Waals surface area (Å²) in [5.41, 5.74) is 8.32. The molecule has 1 aromatic rings. The fourth-order valence-corrected chi connectivity index (χ4v) is 2.92. The van der Waals surface area contributed by atoms with Crippen LogP contribution in [0.25, 0.3) is 0 Å². The standard InChI is InChI=1S/C14H21BrN2/c1-9-6-12(9)8-17(3)14-5-4-11(10(2)16)7-13(14)15/h4-5,7,9-10,12H,6,8,16H2,1-3H3. The summed E-state index contributed by atoms with van der Waals surface area (Å²) in [5.74, 6) is 1.78. The quantitative estimate of drug-likeness (QED) is 0.920. The molecule has 0 bridgehead atoms. The lowest BCUT2D eigenvalue weighted by atomic mass is 10.1. The predicted octanol–water partition coefficient (Wildman–Crippen LogP) is 3.56. The van der Waals surface area contributed by atoms with Gasteiger partial charge in [0.1, 0.15) is 0 Å². The van der Waals surface area contributed by atoms with Crippen LogP contribution in [0.3, 0.4) is 0 Å². The lowest BCUT2D eigenvalue weighted by Crippen LogP contribution is -2.21. The van der Waals surface area contributed by atoms with Crippen molar-refractivity contribution in [3.8, 4) is 0 Å². The summed E-state index contributed by atoms with van der Waals surface area (Å²) in [4.78, 5) is 2.34. The van der Waals surface area contributed by atoms with Crippen molar-refractivity contribution >= 4 is 21.6 Å². The number of benzene rings is 1. The van der Waals surface area contributed by atoms with Gasteiger partial charge in [-0.05, 0) is 58.8 Å². The summed E-state index contributed by atoms with van der Waals surface area (Å²) in [6.45, 7) is 5.49. The Kier molecular flexibility index (Phi) is 3.79. The second kappa shape index (κ2) is 4.99. The zero-order valence-electron chi connectivity index (χ0n) is 10.8. The smallest absolute Gasteiger partial charge is 0.0508 e. The maximum atomic E-state index is 5.88. The third-order valence-corrected chi connectivity index (χ3v) is 4.33. The number of nitrogens with zero attached hydrogens (tertiary/aromatic N) is 1. The van der Waals surface area contributed by atoms with Crippen molar-refractivity contribution < 1.29 is 0 Å². The molecule has 3 heteroatoms. The minimum absolute atomic E-state index is 0.0918. The van der Waals surface area contributed by atoms with Crippen LogP contribution in [-0.2, 0) is 0 Å². The van der Waals surface area contributed by atoms with Gasteiger partial charge < -0.3 is 10.6 Å². The van der Waals surface area contributed by atoms with Crippen LogP contribution in [0, 0.1) is 11.8 Å². The third-order valence-electron chi connectivity index (χ3n) is 3.69. The summed E-state index contributed by atoms with van der Waals surface area (Å²) in [6.07, 6.45) is 1.37. The van der Waals surface area contributed by atoms with Crippen LogP contribution >= 0.6 is 15.9 Å². The average Bonchev–Trinajstić information content (AvgIpc) is 2.93. The molecule has 1 aliphatic rings. The van der Waals surface area contributed by atoms with Crippen molar-refractivity contribution in [2.45, 2.75) is 26.3 Å². The molecule has 0 spiro atoms. The fourth-order valence-electron chi connectivity index (χ4n) is 2.22. The maximum absolute atomic E-state index is 5.88. The van der Waals surface area contributed by atoms with Crippen molar-refractivity contribution in [3.05, 3.63) is 28.2 Å². The van der Waals surface area contributed by atoms with E-state index in [-0.39, 0.29) is 6.04 Å². The highest BCUT2D eigenvalue weighted by Crippen LogP contribution is 2.39. The van der Waals surface area contributed by atoms with E-state index in [9.17, 15) is 0 Å². The van der Waals surface area contributed by atoms with E-state index >= 15 is 0 Å². The molecule has 94 valence electrons. The molecule has 0 amide bonds. The van der Waals surface area contributed by atoms with Crippen LogP contribution in [-0.4, -0.2) is 13.6 Å². The van der Waals surface area contributed by atoms with E-state index in [2.05, 4.69) is 53.0 Å². The van der Waals surface area contributed by atoms with Crippen LogP contribution in [0.5, 0.6) is 0 Å². The molecular weight excluding hydrogens is 276 g/mol. The Labute approximate surface area is 112 Å². The second-order valence-corrected chi connectivity index (χ2v) is 6.21. The Balaban J connectivity index is 2.09. The van der Waals surface area contributed by atoms with Gasteiger partial charge in [-0.3, -0.25) is 0 Å². The topological polar surface area (TPSA) is 29.3 Å². The molecule has 1 fully saturated rings. The second-order valence-electron chi connectivity index (χ2n) is 5.35. The Bertz CT molecular complexity index is 403. The van der Waals surface area contributed by atoms with E-state index in [1.165, 1.54) is 17.7 Å². The molecule has 3 atom stereocenters. The number of halogens is 1. The minimum atomic E-state index is 0.0918. The lowest BCUT2D eigenvalue weighted by molar-refractivity contribution is 0.724. The van der Waals surface area contributed by atoms with Gasteiger partial charge in [-0.15, -0.1) is 0 Å². The van der Waals surface area contributed by atoms with Gasteiger partial charge in [0.2, 0.25) is 0 Å². The number of anilines is 1. The minimum Gasteiger partial charge on any atom is -0.373 e. The summed E-state index contributed by atoms with van der Waals surface area (Å²) < 4.78 is 1.14.